The van der Waals surface area contributed by atoms with Gasteiger partial charge in [0.2, 0.25) is 5.75 Å². The molecule has 0 aliphatic rings. The topological polar surface area (TPSA) is 102 Å². The van der Waals surface area contributed by atoms with Gasteiger partial charge in [-0.1, -0.05) is 12.2 Å². The fraction of sp³-hybridized carbons (Fsp3) is 0.200. The smallest absolute Gasteiger partial charge is 0.343 e. The zero-order chi connectivity index (χ0) is 16.7. The maximum absolute atomic E-state index is 10.7. The summed E-state index contributed by atoms with van der Waals surface area (Å²) in [4.78, 5) is 21.5. The third-order valence-electron chi connectivity index (χ3n) is 2.70. The molecule has 118 valence electrons. The van der Waals surface area contributed by atoms with Gasteiger partial charge in [-0.3, -0.25) is 0 Å². The van der Waals surface area contributed by atoms with Crippen LogP contribution in [0.4, 0.5) is 0 Å². The van der Waals surface area contributed by atoms with E-state index in [1.165, 1.54) is 33.5 Å². The summed E-state index contributed by atoms with van der Waals surface area (Å²) in [5.41, 5.74) is -0.107. The van der Waals surface area contributed by atoms with E-state index in [0.717, 1.165) is 6.08 Å². The molecule has 0 saturated heterocycles. The average Bonchev–Trinajstić information content (AvgIpc) is 2.49. The Morgan fingerprint density at radius 1 is 0.955 bits per heavy atom. The first-order chi connectivity index (χ1) is 10.4. The van der Waals surface area contributed by atoms with E-state index in [2.05, 4.69) is 0 Å². The van der Waals surface area contributed by atoms with Gasteiger partial charge in [0.05, 0.1) is 21.3 Å². The van der Waals surface area contributed by atoms with E-state index in [1.807, 2.05) is 0 Å². The number of aliphatic carboxylic acids is 2. The molecule has 22 heavy (non-hydrogen) atoms. The van der Waals surface area contributed by atoms with E-state index in [9.17, 15) is 9.59 Å². The number of carboxylic acid groups (broad SMARTS) is 2. The molecule has 1 aromatic rings. The average molecular weight is 308 g/mol. The molecule has 1 rings (SSSR count). The summed E-state index contributed by atoms with van der Waals surface area (Å²) in [7, 11) is 4.42. The number of benzene rings is 1. The number of hydrogen-bond acceptors (Lipinski definition) is 5. The Balaban J connectivity index is 3.18. The Kier molecular flexibility index (Phi) is 6.00. The van der Waals surface area contributed by atoms with Crippen molar-refractivity contribution in [2.45, 2.75) is 0 Å². The minimum absolute atomic E-state index is 0.425. The number of allylic oxidation sites excluding steroid dienone is 2. The molecule has 7 nitrogen and oxygen atoms in total. The van der Waals surface area contributed by atoms with E-state index in [4.69, 9.17) is 24.4 Å². The lowest BCUT2D eigenvalue weighted by Gasteiger charge is -2.12. The molecule has 0 aliphatic heterocycles. The highest BCUT2D eigenvalue weighted by atomic mass is 16.5. The zero-order valence-corrected chi connectivity index (χ0v) is 12.3. The predicted octanol–water partition coefficient (Wildman–Crippen LogP) is 1.82. The number of rotatable bonds is 7. The maximum Gasteiger partial charge on any atom is 0.343 e. The molecule has 0 amide bonds. The second-order valence-electron chi connectivity index (χ2n) is 4.01. The summed E-state index contributed by atoms with van der Waals surface area (Å²) in [5.74, 6) is -1.73. The van der Waals surface area contributed by atoms with Gasteiger partial charge in [-0.05, 0) is 23.8 Å². The molecular formula is C15H16O7. The number of ether oxygens (including phenoxy) is 3. The van der Waals surface area contributed by atoms with Crippen molar-refractivity contribution in [1.29, 1.82) is 0 Å². The van der Waals surface area contributed by atoms with E-state index < -0.39 is 17.5 Å². The number of hydrogen-bond donors (Lipinski definition) is 2. The largest absolute Gasteiger partial charge is 0.493 e. The molecule has 0 heterocycles. The fourth-order valence-corrected chi connectivity index (χ4v) is 1.69. The maximum atomic E-state index is 10.7. The third kappa shape index (κ3) is 4.02. The summed E-state index contributed by atoms with van der Waals surface area (Å²) in [6, 6.07) is 3.29. The van der Waals surface area contributed by atoms with Crippen molar-refractivity contribution in [3.63, 3.8) is 0 Å². The van der Waals surface area contributed by atoms with E-state index in [1.54, 1.807) is 12.1 Å². The summed E-state index contributed by atoms with van der Waals surface area (Å²) in [6.07, 6.45) is 3.84. The predicted molar refractivity (Wildman–Crippen MR) is 78.5 cm³/mol. The molecule has 0 atom stereocenters. The lowest BCUT2D eigenvalue weighted by Crippen LogP contribution is -2.10. The van der Waals surface area contributed by atoms with Crippen LogP contribution in [-0.4, -0.2) is 43.5 Å². The standard InChI is InChI=1S/C15H16O7/c1-20-11-7-9(8-12(21-2)13(11)22-3)5-4-6-10(14(16)17)15(18)19/h4-8H,1-3H3,(H,16,17)(H,18,19)/b5-4-. The van der Waals surface area contributed by atoms with E-state index >= 15 is 0 Å². The van der Waals surface area contributed by atoms with Crippen molar-refractivity contribution in [2.24, 2.45) is 0 Å². The van der Waals surface area contributed by atoms with Gasteiger partial charge in [-0.25, -0.2) is 9.59 Å². The molecule has 0 saturated carbocycles. The van der Waals surface area contributed by atoms with E-state index in [-0.39, 0.29) is 0 Å². The van der Waals surface area contributed by atoms with Crippen LogP contribution in [0.2, 0.25) is 0 Å². The molecule has 0 fully saturated rings. The Morgan fingerprint density at radius 2 is 1.45 bits per heavy atom. The zero-order valence-electron chi connectivity index (χ0n) is 12.3. The molecule has 0 unspecified atom stereocenters. The van der Waals surface area contributed by atoms with Crippen molar-refractivity contribution in [3.8, 4) is 17.2 Å². The van der Waals surface area contributed by atoms with Crippen LogP contribution in [0.25, 0.3) is 6.08 Å². The lowest BCUT2D eigenvalue weighted by atomic mass is 10.1. The summed E-state index contributed by atoms with van der Waals surface area (Å²) >= 11 is 0. The highest BCUT2D eigenvalue weighted by molar-refractivity contribution is 6.12. The highest BCUT2D eigenvalue weighted by Crippen LogP contribution is 2.38. The number of carboxylic acids is 2. The molecular weight excluding hydrogens is 292 g/mol. The Labute approximate surface area is 127 Å². The Hall–Kier alpha value is -2.96. The van der Waals surface area contributed by atoms with Crippen molar-refractivity contribution in [1.82, 2.24) is 0 Å². The van der Waals surface area contributed by atoms with Gasteiger partial charge in [-0.2, -0.15) is 0 Å². The second kappa shape index (κ2) is 7.72. The summed E-state index contributed by atoms with van der Waals surface area (Å²) in [5, 5.41) is 17.5. The molecule has 0 aliphatic carbocycles. The van der Waals surface area contributed by atoms with Crippen LogP contribution in [0.1, 0.15) is 5.56 Å². The molecule has 0 radical (unpaired) electrons. The molecule has 2 N–H and O–H groups in total. The van der Waals surface area contributed by atoms with Crippen molar-refractivity contribution >= 4 is 18.0 Å². The van der Waals surface area contributed by atoms with Crippen molar-refractivity contribution in [2.75, 3.05) is 21.3 Å². The normalized spacial score (nSPS) is 10.1. The van der Waals surface area contributed by atoms with Gasteiger partial charge in [0.1, 0.15) is 5.57 Å². The molecule has 7 heteroatoms. The van der Waals surface area contributed by atoms with Crippen LogP contribution in [0.15, 0.2) is 29.9 Å². The van der Waals surface area contributed by atoms with Crippen LogP contribution in [0.5, 0.6) is 17.2 Å². The summed E-state index contributed by atoms with van der Waals surface area (Å²) in [6.45, 7) is 0. The second-order valence-corrected chi connectivity index (χ2v) is 4.01. The van der Waals surface area contributed by atoms with Crippen molar-refractivity contribution < 1.29 is 34.0 Å². The van der Waals surface area contributed by atoms with Crippen LogP contribution in [0.3, 0.4) is 0 Å². The molecule has 0 spiro atoms. The quantitative estimate of drug-likeness (QED) is 0.343. The minimum Gasteiger partial charge on any atom is -0.493 e. The Morgan fingerprint density at radius 3 is 1.82 bits per heavy atom. The van der Waals surface area contributed by atoms with Crippen LogP contribution in [-0.2, 0) is 9.59 Å². The van der Waals surface area contributed by atoms with E-state index in [0.29, 0.717) is 22.8 Å². The number of methoxy groups -OCH3 is 3. The van der Waals surface area contributed by atoms with Gasteiger partial charge < -0.3 is 24.4 Å². The summed E-state index contributed by atoms with van der Waals surface area (Å²) < 4.78 is 15.5. The molecule has 0 bridgehead atoms. The van der Waals surface area contributed by atoms with Crippen LogP contribution >= 0.6 is 0 Å². The van der Waals surface area contributed by atoms with Crippen LogP contribution < -0.4 is 14.2 Å². The molecule has 0 aromatic heterocycles. The molecule has 1 aromatic carbocycles. The Bertz CT molecular complexity index is 588. The van der Waals surface area contributed by atoms with Crippen LogP contribution in [0, 0.1) is 0 Å². The van der Waals surface area contributed by atoms with Gasteiger partial charge in [0, 0.05) is 0 Å². The van der Waals surface area contributed by atoms with Crippen molar-refractivity contribution in [3.05, 3.63) is 35.4 Å². The first-order valence-corrected chi connectivity index (χ1v) is 6.09. The highest BCUT2D eigenvalue weighted by Gasteiger charge is 2.14. The first kappa shape index (κ1) is 17.1. The lowest BCUT2D eigenvalue weighted by molar-refractivity contribution is -0.140. The number of carbonyl (C=O) groups is 2. The van der Waals surface area contributed by atoms with Gasteiger partial charge in [0.15, 0.2) is 11.5 Å². The first-order valence-electron chi connectivity index (χ1n) is 6.09. The monoisotopic (exact) mass is 308 g/mol. The SMILES string of the molecule is COc1cc(/C=C\C=C(C(=O)O)C(=O)O)cc(OC)c1OC. The van der Waals surface area contributed by atoms with Gasteiger partial charge in [0.25, 0.3) is 0 Å². The van der Waals surface area contributed by atoms with Gasteiger partial charge >= 0.3 is 11.9 Å². The third-order valence-corrected chi connectivity index (χ3v) is 2.70. The van der Waals surface area contributed by atoms with Gasteiger partial charge in [-0.15, -0.1) is 0 Å². The minimum atomic E-state index is -1.51. The fourth-order valence-electron chi connectivity index (χ4n) is 1.69.